The first-order chi connectivity index (χ1) is 15.4. The number of hydrogen-bond acceptors (Lipinski definition) is 4. The fourth-order valence-corrected chi connectivity index (χ4v) is 3.47. The topological polar surface area (TPSA) is 133 Å². The van der Waals surface area contributed by atoms with Crippen molar-refractivity contribution < 1.29 is 29.4 Å². The number of amides is 2. The summed E-state index contributed by atoms with van der Waals surface area (Å²) in [5.74, 6) is -2.33. The molecule has 0 saturated carbocycles. The molecule has 0 aromatic carbocycles. The van der Waals surface area contributed by atoms with Gasteiger partial charge < -0.3 is 20.8 Å². The number of carboxylic acids is 2. The van der Waals surface area contributed by atoms with E-state index in [9.17, 15) is 24.3 Å². The van der Waals surface area contributed by atoms with E-state index in [1.807, 2.05) is 0 Å². The minimum absolute atomic E-state index is 0.000480. The standard InChI is InChI=1S/C24H44N2O6/c1-2-3-4-5-6-7-8-9-10-16-21(27)25-19-14-13-15-20(24(31)32)26-22(28)17-11-12-18-23(29)30/h20H,2-19H2,1H3,(H,25,27)(H,26,28)(H,29,30)(H,31,32). The Morgan fingerprint density at radius 1 is 0.656 bits per heavy atom. The predicted molar refractivity (Wildman–Crippen MR) is 124 cm³/mol. The largest absolute Gasteiger partial charge is 0.481 e. The Morgan fingerprint density at radius 3 is 1.78 bits per heavy atom. The number of rotatable bonds is 22. The van der Waals surface area contributed by atoms with Crippen LogP contribution in [0.4, 0.5) is 0 Å². The highest BCUT2D eigenvalue weighted by Crippen LogP contribution is 2.10. The fraction of sp³-hybridized carbons (Fsp3) is 0.833. The highest BCUT2D eigenvalue weighted by Gasteiger charge is 2.19. The first kappa shape index (κ1) is 29.9. The van der Waals surface area contributed by atoms with Gasteiger partial charge in [-0.05, 0) is 38.5 Å². The maximum atomic E-state index is 11.9. The van der Waals surface area contributed by atoms with Crippen LogP contribution in [0.5, 0.6) is 0 Å². The van der Waals surface area contributed by atoms with Crippen LogP contribution < -0.4 is 10.6 Å². The third-order valence-electron chi connectivity index (χ3n) is 5.43. The summed E-state index contributed by atoms with van der Waals surface area (Å²) in [7, 11) is 0. The molecular weight excluding hydrogens is 412 g/mol. The van der Waals surface area contributed by atoms with Gasteiger partial charge in [0.25, 0.3) is 0 Å². The van der Waals surface area contributed by atoms with E-state index in [1.165, 1.54) is 44.9 Å². The molecule has 2 amide bonds. The van der Waals surface area contributed by atoms with Crippen molar-refractivity contribution in [2.24, 2.45) is 0 Å². The van der Waals surface area contributed by atoms with Gasteiger partial charge in [0, 0.05) is 25.8 Å². The zero-order chi connectivity index (χ0) is 24.0. The lowest BCUT2D eigenvalue weighted by atomic mass is 10.1. The lowest BCUT2D eigenvalue weighted by Gasteiger charge is -2.14. The predicted octanol–water partition coefficient (Wildman–Crippen LogP) is 4.41. The number of nitrogens with one attached hydrogen (secondary N) is 2. The normalized spacial score (nSPS) is 11.7. The molecule has 0 spiro atoms. The Morgan fingerprint density at radius 2 is 1.19 bits per heavy atom. The summed E-state index contributed by atoms with van der Waals surface area (Å²) >= 11 is 0. The van der Waals surface area contributed by atoms with Crippen LogP contribution in [-0.2, 0) is 19.2 Å². The Hall–Kier alpha value is -2.12. The quantitative estimate of drug-likeness (QED) is 0.178. The van der Waals surface area contributed by atoms with Gasteiger partial charge in [0.05, 0.1) is 0 Å². The van der Waals surface area contributed by atoms with Crippen LogP contribution in [0.1, 0.15) is 116 Å². The molecule has 0 aliphatic carbocycles. The van der Waals surface area contributed by atoms with Crippen LogP contribution in [0.3, 0.4) is 0 Å². The molecule has 8 heteroatoms. The van der Waals surface area contributed by atoms with Gasteiger partial charge in [-0.3, -0.25) is 14.4 Å². The van der Waals surface area contributed by atoms with Crippen LogP contribution in [0.15, 0.2) is 0 Å². The molecule has 32 heavy (non-hydrogen) atoms. The molecule has 0 bridgehead atoms. The first-order valence-electron chi connectivity index (χ1n) is 12.4. The number of unbranched alkanes of at least 4 members (excludes halogenated alkanes) is 10. The Balaban J connectivity index is 3.72. The van der Waals surface area contributed by atoms with Gasteiger partial charge in [0.15, 0.2) is 0 Å². The monoisotopic (exact) mass is 456 g/mol. The van der Waals surface area contributed by atoms with Crippen LogP contribution in [-0.4, -0.2) is 46.6 Å². The number of carbonyl (C=O) groups is 4. The smallest absolute Gasteiger partial charge is 0.326 e. The maximum absolute atomic E-state index is 11.9. The number of carboxylic acid groups (broad SMARTS) is 2. The van der Waals surface area contributed by atoms with E-state index in [-0.39, 0.29) is 24.7 Å². The molecule has 0 aromatic heterocycles. The average molecular weight is 457 g/mol. The van der Waals surface area contributed by atoms with Crippen molar-refractivity contribution in [2.45, 2.75) is 122 Å². The van der Waals surface area contributed by atoms with E-state index in [4.69, 9.17) is 5.11 Å². The second-order valence-electron chi connectivity index (χ2n) is 8.48. The SMILES string of the molecule is CCCCCCCCCCCC(=O)NCCCCC(NC(=O)CCCCC(=O)O)C(=O)O. The summed E-state index contributed by atoms with van der Waals surface area (Å²) in [4.78, 5) is 45.5. The minimum atomic E-state index is -1.08. The molecule has 0 rings (SSSR count). The van der Waals surface area contributed by atoms with Crippen molar-refractivity contribution in [3.05, 3.63) is 0 Å². The van der Waals surface area contributed by atoms with Crippen molar-refractivity contribution in [3.8, 4) is 0 Å². The third-order valence-corrected chi connectivity index (χ3v) is 5.43. The summed E-state index contributed by atoms with van der Waals surface area (Å²) in [6, 6.07) is -0.959. The third kappa shape index (κ3) is 19.8. The summed E-state index contributed by atoms with van der Waals surface area (Å²) in [5.41, 5.74) is 0. The molecule has 0 aromatic rings. The van der Waals surface area contributed by atoms with E-state index in [0.717, 1.165) is 12.8 Å². The van der Waals surface area contributed by atoms with Crippen molar-refractivity contribution >= 4 is 23.8 Å². The molecule has 0 fully saturated rings. The summed E-state index contributed by atoms with van der Waals surface area (Å²) in [5, 5.41) is 23.2. The molecule has 4 N–H and O–H groups in total. The van der Waals surface area contributed by atoms with Crippen molar-refractivity contribution in [1.29, 1.82) is 0 Å². The van der Waals surface area contributed by atoms with Crippen molar-refractivity contribution in [2.75, 3.05) is 6.54 Å². The van der Waals surface area contributed by atoms with Gasteiger partial charge in [0.2, 0.25) is 11.8 Å². The van der Waals surface area contributed by atoms with Gasteiger partial charge in [-0.25, -0.2) is 4.79 Å². The molecule has 0 aliphatic rings. The minimum Gasteiger partial charge on any atom is -0.481 e. The van der Waals surface area contributed by atoms with Gasteiger partial charge in [-0.15, -0.1) is 0 Å². The molecule has 1 atom stereocenters. The summed E-state index contributed by atoms with van der Waals surface area (Å²) < 4.78 is 0. The van der Waals surface area contributed by atoms with Gasteiger partial charge >= 0.3 is 11.9 Å². The lowest BCUT2D eigenvalue weighted by Crippen LogP contribution is -2.40. The zero-order valence-corrected chi connectivity index (χ0v) is 19.8. The lowest BCUT2D eigenvalue weighted by molar-refractivity contribution is -0.142. The number of hydrogen-bond donors (Lipinski definition) is 4. The van der Waals surface area contributed by atoms with Gasteiger partial charge in [0.1, 0.15) is 6.04 Å². The van der Waals surface area contributed by atoms with Crippen LogP contribution in [0.25, 0.3) is 0 Å². The molecule has 0 aliphatic heterocycles. The maximum Gasteiger partial charge on any atom is 0.326 e. The van der Waals surface area contributed by atoms with Gasteiger partial charge in [-0.2, -0.15) is 0 Å². The first-order valence-corrected chi connectivity index (χ1v) is 12.4. The van der Waals surface area contributed by atoms with Gasteiger partial charge in [-0.1, -0.05) is 58.3 Å². The summed E-state index contributed by atoms with van der Waals surface area (Å²) in [6.45, 7) is 2.72. The molecular formula is C24H44N2O6. The van der Waals surface area contributed by atoms with E-state index in [0.29, 0.717) is 45.1 Å². The molecule has 0 saturated heterocycles. The van der Waals surface area contributed by atoms with E-state index < -0.39 is 18.0 Å². The number of aliphatic carboxylic acids is 2. The highest BCUT2D eigenvalue weighted by molar-refractivity contribution is 5.83. The van der Waals surface area contributed by atoms with Crippen LogP contribution >= 0.6 is 0 Å². The van der Waals surface area contributed by atoms with Crippen LogP contribution in [0.2, 0.25) is 0 Å². The average Bonchev–Trinajstić information content (AvgIpc) is 2.74. The fourth-order valence-electron chi connectivity index (χ4n) is 3.47. The highest BCUT2D eigenvalue weighted by atomic mass is 16.4. The van der Waals surface area contributed by atoms with E-state index in [1.54, 1.807) is 0 Å². The second-order valence-corrected chi connectivity index (χ2v) is 8.48. The Labute approximate surface area is 192 Å². The molecule has 186 valence electrons. The number of carbonyl (C=O) groups excluding carboxylic acids is 2. The van der Waals surface area contributed by atoms with Crippen LogP contribution in [0, 0.1) is 0 Å². The Kier molecular flexibility index (Phi) is 19.4. The zero-order valence-electron chi connectivity index (χ0n) is 19.8. The second kappa shape index (κ2) is 20.8. The molecule has 0 radical (unpaired) electrons. The van der Waals surface area contributed by atoms with Crippen molar-refractivity contribution in [3.63, 3.8) is 0 Å². The molecule has 8 nitrogen and oxygen atoms in total. The van der Waals surface area contributed by atoms with E-state index >= 15 is 0 Å². The molecule has 1 unspecified atom stereocenters. The van der Waals surface area contributed by atoms with E-state index in [2.05, 4.69) is 17.6 Å². The molecule has 0 heterocycles. The Bertz CT molecular complexity index is 539. The summed E-state index contributed by atoms with van der Waals surface area (Å²) in [6.07, 6.45) is 13.9. The van der Waals surface area contributed by atoms with Crippen molar-refractivity contribution in [1.82, 2.24) is 10.6 Å².